The van der Waals surface area contributed by atoms with Gasteiger partial charge in [0.25, 0.3) is 0 Å². The first-order valence-corrected chi connectivity index (χ1v) is 6.95. The molecule has 2 aliphatic heterocycles. The fourth-order valence-corrected chi connectivity index (χ4v) is 2.84. The number of carbonyl (C=O) groups excluding carboxylic acids is 2. The Kier molecular flexibility index (Phi) is 4.22. The van der Waals surface area contributed by atoms with Crippen LogP contribution in [0, 0.1) is 5.41 Å². The largest absolute Gasteiger partial charge is 0.354 e. The van der Waals surface area contributed by atoms with Crippen molar-refractivity contribution in [3.05, 3.63) is 0 Å². The zero-order valence-corrected chi connectivity index (χ0v) is 11.1. The van der Waals surface area contributed by atoms with Crippen molar-refractivity contribution < 1.29 is 9.59 Å². The second kappa shape index (κ2) is 5.69. The summed E-state index contributed by atoms with van der Waals surface area (Å²) in [6, 6.07) is 0.105. The zero-order chi connectivity index (χ0) is 13.0. The van der Waals surface area contributed by atoms with Crippen LogP contribution in [0.15, 0.2) is 0 Å². The summed E-state index contributed by atoms with van der Waals surface area (Å²) >= 11 is 0. The molecule has 0 aromatic rings. The van der Waals surface area contributed by atoms with Crippen LogP contribution in [-0.4, -0.2) is 37.5 Å². The number of piperidine rings is 2. The molecule has 2 aliphatic rings. The molecule has 5 nitrogen and oxygen atoms in total. The summed E-state index contributed by atoms with van der Waals surface area (Å²) in [7, 11) is 0. The third-order valence-corrected chi connectivity index (χ3v) is 4.32. The summed E-state index contributed by atoms with van der Waals surface area (Å²) in [5.74, 6) is 0.264. The summed E-state index contributed by atoms with van der Waals surface area (Å²) in [6.45, 7) is 4.50. The van der Waals surface area contributed by atoms with Crippen LogP contribution in [0.25, 0.3) is 0 Å². The molecule has 0 aromatic carbocycles. The predicted molar refractivity (Wildman–Crippen MR) is 69.0 cm³/mol. The molecule has 102 valence electrons. The average Bonchev–Trinajstić information content (AvgIpc) is 2.42. The van der Waals surface area contributed by atoms with Crippen molar-refractivity contribution in [2.75, 3.05) is 19.6 Å². The molecule has 0 radical (unpaired) electrons. The van der Waals surface area contributed by atoms with E-state index in [0.29, 0.717) is 13.0 Å². The van der Waals surface area contributed by atoms with Gasteiger partial charge in [0.1, 0.15) is 0 Å². The van der Waals surface area contributed by atoms with Gasteiger partial charge in [-0.3, -0.25) is 9.59 Å². The van der Waals surface area contributed by atoms with Crippen molar-refractivity contribution in [3.63, 3.8) is 0 Å². The van der Waals surface area contributed by atoms with Crippen molar-refractivity contribution in [1.82, 2.24) is 16.0 Å². The molecule has 2 heterocycles. The summed E-state index contributed by atoms with van der Waals surface area (Å²) in [5.41, 5.74) is -0.202. The molecule has 2 amide bonds. The zero-order valence-electron chi connectivity index (χ0n) is 11.1. The Morgan fingerprint density at radius 3 is 2.72 bits per heavy atom. The molecule has 18 heavy (non-hydrogen) atoms. The molecule has 2 saturated heterocycles. The van der Waals surface area contributed by atoms with E-state index >= 15 is 0 Å². The number of rotatable bonds is 3. The molecule has 5 heteroatoms. The summed E-state index contributed by atoms with van der Waals surface area (Å²) < 4.78 is 0. The Morgan fingerprint density at radius 2 is 2.17 bits per heavy atom. The van der Waals surface area contributed by atoms with Crippen LogP contribution in [0.4, 0.5) is 0 Å². The maximum Gasteiger partial charge on any atom is 0.226 e. The van der Waals surface area contributed by atoms with Crippen LogP contribution < -0.4 is 16.0 Å². The normalized spacial score (nSPS) is 27.4. The molecule has 1 atom stereocenters. The number of carbonyl (C=O) groups is 2. The molecule has 0 aliphatic carbocycles. The lowest BCUT2D eigenvalue weighted by Crippen LogP contribution is -2.54. The van der Waals surface area contributed by atoms with E-state index in [9.17, 15) is 9.59 Å². The fourth-order valence-electron chi connectivity index (χ4n) is 2.84. The highest BCUT2D eigenvalue weighted by Gasteiger charge is 2.38. The Hall–Kier alpha value is -1.10. The maximum absolute atomic E-state index is 12.4. The van der Waals surface area contributed by atoms with E-state index < -0.39 is 0 Å². The van der Waals surface area contributed by atoms with Gasteiger partial charge in [0, 0.05) is 19.0 Å². The molecule has 2 rings (SSSR count). The average molecular weight is 253 g/mol. The van der Waals surface area contributed by atoms with Crippen LogP contribution in [0.3, 0.4) is 0 Å². The maximum atomic E-state index is 12.4. The van der Waals surface area contributed by atoms with Gasteiger partial charge >= 0.3 is 0 Å². The monoisotopic (exact) mass is 253 g/mol. The van der Waals surface area contributed by atoms with Crippen molar-refractivity contribution in [1.29, 1.82) is 0 Å². The third kappa shape index (κ3) is 2.83. The van der Waals surface area contributed by atoms with Crippen molar-refractivity contribution >= 4 is 11.8 Å². The fraction of sp³-hybridized carbons (Fsp3) is 0.846. The van der Waals surface area contributed by atoms with Gasteiger partial charge < -0.3 is 16.0 Å². The highest BCUT2D eigenvalue weighted by Crippen LogP contribution is 2.32. The van der Waals surface area contributed by atoms with Crippen LogP contribution in [0.5, 0.6) is 0 Å². The van der Waals surface area contributed by atoms with E-state index in [4.69, 9.17) is 0 Å². The number of hydrogen-bond donors (Lipinski definition) is 3. The first kappa shape index (κ1) is 13.3. The molecule has 0 aromatic heterocycles. The smallest absolute Gasteiger partial charge is 0.226 e. The lowest BCUT2D eigenvalue weighted by atomic mass is 9.75. The lowest BCUT2D eigenvalue weighted by Gasteiger charge is -2.37. The van der Waals surface area contributed by atoms with Crippen molar-refractivity contribution in [2.45, 2.75) is 45.1 Å². The van der Waals surface area contributed by atoms with Crippen molar-refractivity contribution in [2.24, 2.45) is 5.41 Å². The molecule has 3 N–H and O–H groups in total. The Balaban J connectivity index is 1.91. The van der Waals surface area contributed by atoms with Gasteiger partial charge in [-0.25, -0.2) is 0 Å². The van der Waals surface area contributed by atoms with E-state index in [2.05, 4.69) is 22.9 Å². The van der Waals surface area contributed by atoms with Crippen LogP contribution in [-0.2, 0) is 9.59 Å². The first-order valence-electron chi connectivity index (χ1n) is 6.95. The molecular formula is C13H23N3O2. The highest BCUT2D eigenvalue weighted by atomic mass is 16.2. The van der Waals surface area contributed by atoms with E-state index in [1.807, 2.05) is 0 Å². The molecule has 2 fully saturated rings. The van der Waals surface area contributed by atoms with E-state index in [1.165, 1.54) is 0 Å². The van der Waals surface area contributed by atoms with Gasteiger partial charge in [-0.2, -0.15) is 0 Å². The summed E-state index contributed by atoms with van der Waals surface area (Å²) in [6.07, 6.45) is 3.99. The SMILES string of the molecule is CCC1(C(=O)NC2CCC(=O)NC2)CCNCC1. The molecule has 0 bridgehead atoms. The van der Waals surface area contributed by atoms with Crippen LogP contribution in [0.1, 0.15) is 39.0 Å². The van der Waals surface area contributed by atoms with Crippen molar-refractivity contribution in [3.8, 4) is 0 Å². The van der Waals surface area contributed by atoms with Gasteiger partial charge in [-0.15, -0.1) is 0 Å². The number of nitrogens with one attached hydrogen (secondary N) is 3. The lowest BCUT2D eigenvalue weighted by molar-refractivity contribution is -0.134. The van der Waals surface area contributed by atoms with Crippen LogP contribution >= 0.6 is 0 Å². The first-order chi connectivity index (χ1) is 8.66. The molecule has 1 unspecified atom stereocenters. The second-order valence-electron chi connectivity index (χ2n) is 5.40. The van der Waals surface area contributed by atoms with Gasteiger partial charge in [0.15, 0.2) is 0 Å². The van der Waals surface area contributed by atoms with Gasteiger partial charge in [0.2, 0.25) is 11.8 Å². The highest BCUT2D eigenvalue weighted by molar-refractivity contribution is 5.83. The Morgan fingerprint density at radius 1 is 1.44 bits per heavy atom. The topological polar surface area (TPSA) is 70.2 Å². The second-order valence-corrected chi connectivity index (χ2v) is 5.40. The summed E-state index contributed by atoms with van der Waals surface area (Å²) in [5, 5.41) is 9.23. The molecular weight excluding hydrogens is 230 g/mol. The molecule has 0 saturated carbocycles. The predicted octanol–water partition coefficient (Wildman–Crippen LogP) is 0.161. The third-order valence-electron chi connectivity index (χ3n) is 4.32. The van der Waals surface area contributed by atoms with Gasteiger partial charge in [-0.05, 0) is 38.8 Å². The van der Waals surface area contributed by atoms with E-state index in [-0.39, 0.29) is 23.3 Å². The van der Waals surface area contributed by atoms with Gasteiger partial charge in [-0.1, -0.05) is 6.92 Å². The van der Waals surface area contributed by atoms with E-state index in [1.54, 1.807) is 0 Å². The van der Waals surface area contributed by atoms with Gasteiger partial charge in [0.05, 0.1) is 5.41 Å². The summed E-state index contributed by atoms with van der Waals surface area (Å²) in [4.78, 5) is 23.5. The van der Waals surface area contributed by atoms with Crippen LogP contribution in [0.2, 0.25) is 0 Å². The number of amides is 2. The Bertz CT molecular complexity index is 314. The number of hydrogen-bond acceptors (Lipinski definition) is 3. The minimum absolute atomic E-state index is 0.0903. The minimum Gasteiger partial charge on any atom is -0.354 e. The molecule has 0 spiro atoms. The van der Waals surface area contributed by atoms with E-state index in [0.717, 1.165) is 38.8 Å². The standard InChI is InChI=1S/C13H23N3O2/c1-2-13(5-7-14-8-6-13)12(18)16-10-3-4-11(17)15-9-10/h10,14H,2-9H2,1H3,(H,15,17)(H,16,18). The minimum atomic E-state index is -0.202. The quantitative estimate of drug-likeness (QED) is 0.671. The Labute approximate surface area is 108 Å².